The second-order valence-corrected chi connectivity index (χ2v) is 9.24. The summed E-state index contributed by atoms with van der Waals surface area (Å²) in [7, 11) is 0. The molecule has 13 nitrogen and oxygen atoms in total. The van der Waals surface area contributed by atoms with E-state index in [-0.39, 0.29) is 24.7 Å². The third-order valence-corrected chi connectivity index (χ3v) is 6.06. The summed E-state index contributed by atoms with van der Waals surface area (Å²) >= 11 is 0. The Bertz CT molecular complexity index is 953. The van der Waals surface area contributed by atoms with Gasteiger partial charge in [0, 0.05) is 13.0 Å². The van der Waals surface area contributed by atoms with Gasteiger partial charge < -0.3 is 43.4 Å². The lowest BCUT2D eigenvalue weighted by Gasteiger charge is -2.29. The lowest BCUT2D eigenvalue weighted by molar-refractivity contribution is -0.143. The summed E-state index contributed by atoms with van der Waals surface area (Å²) in [4.78, 5) is 54.3. The Labute approximate surface area is 222 Å². The van der Waals surface area contributed by atoms with Crippen molar-refractivity contribution in [1.82, 2.24) is 16.0 Å². The van der Waals surface area contributed by atoms with E-state index in [1.807, 2.05) is 6.92 Å². The predicted octanol–water partition coefficient (Wildman–Crippen LogP) is -1.42. The quantitative estimate of drug-likeness (QED) is 0.0703. The Morgan fingerprint density at radius 3 is 2.05 bits per heavy atom. The number of nitrogens with zero attached hydrogens (tertiary/aromatic N) is 1. The highest BCUT2D eigenvalue weighted by molar-refractivity contribution is 5.94. The summed E-state index contributed by atoms with van der Waals surface area (Å²) in [6, 6.07) is 3.99. The number of aliphatic hydroxyl groups is 1. The van der Waals surface area contributed by atoms with Crippen molar-refractivity contribution in [1.29, 1.82) is 0 Å². The zero-order valence-electron chi connectivity index (χ0n) is 22.1. The lowest BCUT2D eigenvalue weighted by atomic mass is 9.96. The van der Waals surface area contributed by atoms with Crippen molar-refractivity contribution < 1.29 is 29.4 Å². The number of carboxylic acid groups (broad SMARTS) is 1. The van der Waals surface area contributed by atoms with Crippen LogP contribution in [0.1, 0.15) is 45.6 Å². The Kier molecular flexibility index (Phi) is 13.8. The van der Waals surface area contributed by atoms with Crippen LogP contribution < -0.4 is 33.2 Å². The van der Waals surface area contributed by atoms with E-state index in [4.69, 9.17) is 17.2 Å². The summed E-state index contributed by atoms with van der Waals surface area (Å²) in [5.74, 6) is -3.82. The molecule has 0 aliphatic carbocycles. The fourth-order valence-corrected chi connectivity index (χ4v) is 3.57. The van der Waals surface area contributed by atoms with E-state index in [0.717, 1.165) is 0 Å². The minimum atomic E-state index is -1.46. The zero-order valence-corrected chi connectivity index (χ0v) is 22.1. The van der Waals surface area contributed by atoms with Crippen LogP contribution in [0.5, 0.6) is 0 Å². The third-order valence-electron chi connectivity index (χ3n) is 6.06. The van der Waals surface area contributed by atoms with E-state index in [0.29, 0.717) is 24.9 Å². The molecule has 11 N–H and O–H groups in total. The summed E-state index contributed by atoms with van der Waals surface area (Å²) in [5.41, 5.74) is 17.2. The molecular weight excluding hydrogens is 494 g/mol. The molecule has 13 heteroatoms. The van der Waals surface area contributed by atoms with Gasteiger partial charge in [-0.25, -0.2) is 4.79 Å². The highest BCUT2D eigenvalue weighted by atomic mass is 16.4. The summed E-state index contributed by atoms with van der Waals surface area (Å²) in [5, 5.41) is 27.3. The van der Waals surface area contributed by atoms with Crippen molar-refractivity contribution in [2.75, 3.05) is 6.54 Å². The molecule has 3 amide bonds. The molecule has 0 saturated carbocycles. The highest BCUT2D eigenvalue weighted by Gasteiger charge is 2.34. The van der Waals surface area contributed by atoms with Gasteiger partial charge in [0.15, 0.2) is 5.96 Å². The normalized spacial score (nSPS) is 15.6. The topological polar surface area (TPSA) is 235 Å². The Hall–Kier alpha value is -3.71. The minimum Gasteiger partial charge on any atom is -0.480 e. The second-order valence-electron chi connectivity index (χ2n) is 9.24. The Balaban J connectivity index is 2.91. The van der Waals surface area contributed by atoms with Gasteiger partial charge in [0.2, 0.25) is 17.7 Å². The fraction of sp³-hybridized carbons (Fsp3) is 0.560. The van der Waals surface area contributed by atoms with Crippen molar-refractivity contribution in [3.63, 3.8) is 0 Å². The molecular formula is C25H41N7O6. The Morgan fingerprint density at radius 2 is 1.53 bits per heavy atom. The molecule has 0 fully saturated rings. The molecule has 0 saturated heterocycles. The standard InChI is InChI=1S/C25H41N7O6/c1-4-14(2)19(31-21(34)17(26)11-8-12-29-25(27)28)22(35)32-20(15(3)33)23(36)30-18(24(37)38)13-16-9-6-5-7-10-16/h5-7,9-10,14-15,17-20,33H,4,8,11-13,26H2,1-3H3,(H,30,36)(H,31,34)(H,32,35)(H,37,38)(H4,27,28,29)/t14-,15+,17-,18-,19-,20-/m0/s1. The van der Waals surface area contributed by atoms with Gasteiger partial charge in [-0.15, -0.1) is 0 Å². The SMILES string of the molecule is CC[C@H](C)[C@H](NC(=O)[C@@H](N)CCCN=C(N)N)C(=O)N[C@H](C(=O)N[C@@H](Cc1ccccc1)C(=O)O)[C@@H](C)O. The number of aliphatic hydroxyl groups excluding tert-OH is 1. The van der Waals surface area contributed by atoms with Crippen molar-refractivity contribution >= 4 is 29.7 Å². The van der Waals surface area contributed by atoms with Crippen LogP contribution >= 0.6 is 0 Å². The number of hydrogen-bond acceptors (Lipinski definition) is 7. The number of aliphatic imine (C=N–C) groups is 1. The van der Waals surface area contributed by atoms with Crippen LogP contribution in [0.25, 0.3) is 0 Å². The van der Waals surface area contributed by atoms with E-state index >= 15 is 0 Å². The number of nitrogens with one attached hydrogen (secondary N) is 3. The molecule has 0 bridgehead atoms. The van der Waals surface area contributed by atoms with E-state index < -0.39 is 54.0 Å². The van der Waals surface area contributed by atoms with Crippen molar-refractivity contribution in [2.45, 2.75) is 76.7 Å². The molecule has 0 spiro atoms. The number of nitrogens with two attached hydrogens (primary N) is 3. The number of guanidine groups is 1. The largest absolute Gasteiger partial charge is 0.480 e. The maximum Gasteiger partial charge on any atom is 0.326 e. The first-order valence-corrected chi connectivity index (χ1v) is 12.5. The van der Waals surface area contributed by atoms with Gasteiger partial charge in [-0.1, -0.05) is 50.6 Å². The molecule has 212 valence electrons. The average molecular weight is 536 g/mol. The Morgan fingerprint density at radius 1 is 0.947 bits per heavy atom. The average Bonchev–Trinajstić information content (AvgIpc) is 2.87. The van der Waals surface area contributed by atoms with Gasteiger partial charge in [0.05, 0.1) is 12.1 Å². The van der Waals surface area contributed by atoms with Crippen molar-refractivity contribution in [3.8, 4) is 0 Å². The van der Waals surface area contributed by atoms with Crippen LogP contribution in [0.15, 0.2) is 35.3 Å². The van der Waals surface area contributed by atoms with E-state index in [2.05, 4.69) is 20.9 Å². The van der Waals surface area contributed by atoms with Crippen LogP contribution in [-0.4, -0.2) is 76.7 Å². The summed E-state index contributed by atoms with van der Waals surface area (Å²) in [6.45, 7) is 5.16. The summed E-state index contributed by atoms with van der Waals surface area (Å²) < 4.78 is 0. The molecule has 38 heavy (non-hydrogen) atoms. The summed E-state index contributed by atoms with van der Waals surface area (Å²) in [6.07, 6.45) is -0.105. The van der Waals surface area contributed by atoms with Gasteiger partial charge in [0.1, 0.15) is 18.1 Å². The van der Waals surface area contributed by atoms with Crippen LogP contribution in [0.2, 0.25) is 0 Å². The first-order chi connectivity index (χ1) is 17.9. The first-order valence-electron chi connectivity index (χ1n) is 12.5. The fourth-order valence-electron chi connectivity index (χ4n) is 3.57. The van der Waals surface area contributed by atoms with Crippen LogP contribution in [0.3, 0.4) is 0 Å². The zero-order chi connectivity index (χ0) is 28.8. The molecule has 0 heterocycles. The van der Waals surface area contributed by atoms with Crippen molar-refractivity contribution in [3.05, 3.63) is 35.9 Å². The number of rotatable bonds is 16. The van der Waals surface area contributed by atoms with E-state index in [1.165, 1.54) is 6.92 Å². The number of amides is 3. The molecule has 6 atom stereocenters. The minimum absolute atomic E-state index is 0.00894. The molecule has 0 unspecified atom stereocenters. The number of hydrogen-bond donors (Lipinski definition) is 8. The maximum absolute atomic E-state index is 13.1. The lowest BCUT2D eigenvalue weighted by Crippen LogP contribution is -2.61. The molecule has 1 rings (SSSR count). The van der Waals surface area contributed by atoms with Crippen molar-refractivity contribution in [2.24, 2.45) is 28.1 Å². The van der Waals surface area contributed by atoms with Crippen LogP contribution in [-0.2, 0) is 25.6 Å². The molecule has 0 radical (unpaired) electrons. The van der Waals surface area contributed by atoms with Gasteiger partial charge in [0.25, 0.3) is 0 Å². The molecule has 0 aliphatic rings. The van der Waals surface area contributed by atoms with E-state index in [1.54, 1.807) is 37.3 Å². The van der Waals surface area contributed by atoms with Gasteiger partial charge in [-0.2, -0.15) is 0 Å². The number of carbonyl (C=O) groups excluding carboxylic acids is 3. The van der Waals surface area contributed by atoms with Gasteiger partial charge >= 0.3 is 5.97 Å². The number of carbonyl (C=O) groups is 4. The van der Waals surface area contributed by atoms with Crippen LogP contribution in [0.4, 0.5) is 0 Å². The van der Waals surface area contributed by atoms with Gasteiger partial charge in [-0.05, 0) is 31.2 Å². The molecule has 1 aromatic rings. The van der Waals surface area contributed by atoms with E-state index in [9.17, 15) is 29.4 Å². The predicted molar refractivity (Wildman–Crippen MR) is 143 cm³/mol. The van der Waals surface area contributed by atoms with Crippen LogP contribution in [0, 0.1) is 5.92 Å². The number of aliphatic carboxylic acids is 1. The van der Waals surface area contributed by atoms with Gasteiger partial charge in [-0.3, -0.25) is 19.4 Å². The third kappa shape index (κ3) is 11.1. The molecule has 0 aromatic heterocycles. The molecule has 1 aromatic carbocycles. The highest BCUT2D eigenvalue weighted by Crippen LogP contribution is 2.11. The first kappa shape index (κ1) is 32.3. The smallest absolute Gasteiger partial charge is 0.326 e. The second kappa shape index (κ2) is 16.2. The monoisotopic (exact) mass is 535 g/mol. The molecule has 0 aliphatic heterocycles. The number of carboxylic acids is 1. The maximum atomic E-state index is 13.1. The number of benzene rings is 1.